The summed E-state index contributed by atoms with van der Waals surface area (Å²) >= 11 is 6.25. The van der Waals surface area contributed by atoms with Crippen LogP contribution in [0.15, 0.2) is 48.5 Å². The predicted molar refractivity (Wildman–Crippen MR) is 144 cm³/mol. The van der Waals surface area contributed by atoms with Crippen molar-refractivity contribution in [1.29, 1.82) is 0 Å². The second kappa shape index (κ2) is 15.6. The first kappa shape index (κ1) is 28.9. The molecule has 3 atom stereocenters. The number of hydrogen-bond acceptors (Lipinski definition) is 6. The van der Waals surface area contributed by atoms with Gasteiger partial charge in [0.1, 0.15) is 6.10 Å². The fraction of sp³-hybridized carbons (Fsp3) is 0.500. The van der Waals surface area contributed by atoms with Crippen LogP contribution in [0.4, 0.5) is 4.79 Å². The van der Waals surface area contributed by atoms with Crippen LogP contribution in [0.1, 0.15) is 53.3 Å². The molecule has 1 heterocycles. The van der Waals surface area contributed by atoms with Gasteiger partial charge in [0.25, 0.3) is 5.91 Å². The molecule has 1 aliphatic rings. The zero-order chi connectivity index (χ0) is 26.5. The van der Waals surface area contributed by atoms with E-state index >= 15 is 0 Å². The van der Waals surface area contributed by atoms with Crippen LogP contribution in [0, 0.1) is 5.92 Å². The van der Waals surface area contributed by atoms with Crippen molar-refractivity contribution in [2.24, 2.45) is 5.92 Å². The Balaban J connectivity index is 1.73. The second-order valence-corrected chi connectivity index (χ2v) is 9.69. The first-order valence-electron chi connectivity index (χ1n) is 12.8. The van der Waals surface area contributed by atoms with Gasteiger partial charge in [0.2, 0.25) is 0 Å². The Morgan fingerprint density at radius 1 is 1.14 bits per heavy atom. The van der Waals surface area contributed by atoms with E-state index in [1.165, 1.54) is 7.11 Å². The maximum Gasteiger partial charge on any atom is 0.406 e. The fourth-order valence-electron chi connectivity index (χ4n) is 4.57. The Morgan fingerprint density at radius 3 is 2.68 bits per heavy atom. The van der Waals surface area contributed by atoms with Crippen molar-refractivity contribution < 1.29 is 23.8 Å². The van der Waals surface area contributed by atoms with Gasteiger partial charge in [-0.15, -0.1) is 0 Å². The molecule has 0 saturated carbocycles. The van der Waals surface area contributed by atoms with E-state index in [2.05, 4.69) is 20.7 Å². The summed E-state index contributed by atoms with van der Waals surface area (Å²) in [5.41, 5.74) is 2.22. The third-order valence-electron chi connectivity index (χ3n) is 6.35. The largest absolute Gasteiger partial charge is 0.453 e. The van der Waals surface area contributed by atoms with Crippen molar-refractivity contribution >= 4 is 23.6 Å². The summed E-state index contributed by atoms with van der Waals surface area (Å²) in [5.74, 6) is 0.306. The van der Waals surface area contributed by atoms with E-state index in [9.17, 15) is 9.59 Å². The maximum absolute atomic E-state index is 13.3. The molecule has 0 aromatic heterocycles. The quantitative estimate of drug-likeness (QED) is 0.353. The van der Waals surface area contributed by atoms with Crippen LogP contribution in [-0.4, -0.2) is 65.1 Å². The molecule has 3 rings (SSSR count). The molecule has 1 saturated heterocycles. The fourth-order valence-corrected chi connectivity index (χ4v) is 4.77. The minimum absolute atomic E-state index is 0.00257. The zero-order valence-electron chi connectivity index (χ0n) is 21.6. The summed E-state index contributed by atoms with van der Waals surface area (Å²) < 4.78 is 16.5. The topological polar surface area (TPSA) is 97.9 Å². The number of carbonyl (C=O) groups excluding carboxylic acids is 2. The van der Waals surface area contributed by atoms with Gasteiger partial charge in [0, 0.05) is 42.9 Å². The van der Waals surface area contributed by atoms with Crippen LogP contribution in [-0.2, 0) is 14.2 Å². The predicted octanol–water partition coefficient (Wildman–Crippen LogP) is 4.33. The third kappa shape index (κ3) is 9.63. The van der Waals surface area contributed by atoms with Crippen molar-refractivity contribution in [3.05, 3.63) is 70.2 Å². The normalized spacial score (nSPS) is 17.3. The molecule has 202 valence electrons. The number of hydrogen-bond donors (Lipinski definition) is 3. The molecule has 0 aliphatic carbocycles. The first-order valence-corrected chi connectivity index (χ1v) is 13.2. The zero-order valence-corrected chi connectivity index (χ0v) is 22.4. The average molecular weight is 532 g/mol. The Labute approximate surface area is 224 Å². The van der Waals surface area contributed by atoms with E-state index in [4.69, 9.17) is 21.1 Å². The monoisotopic (exact) mass is 531 g/mol. The van der Waals surface area contributed by atoms with Crippen molar-refractivity contribution in [1.82, 2.24) is 16.0 Å². The lowest BCUT2D eigenvalue weighted by molar-refractivity contribution is 0.0803. The Morgan fingerprint density at radius 2 is 1.92 bits per heavy atom. The number of alkyl carbamates (subject to hydrolysis) is 1. The average Bonchev–Trinajstić information content (AvgIpc) is 3.17. The standard InChI is InChI=1S/C28H38ClN3O5/c1-30-18-25(15-20-7-3-4-13-36-19-20)32-27(33)23-10-5-8-21(16-23)26(22-9-6-11-24(29)17-22)37-14-12-31-28(34)35-2/h5-6,8-11,16-17,20,25-26,30H,3-4,7,12-15,18-19H2,1-2H3,(H,31,34)(H,32,33)/t20-,25+,26-/m1/s1. The van der Waals surface area contributed by atoms with E-state index in [1.54, 1.807) is 12.1 Å². The molecule has 1 fully saturated rings. The van der Waals surface area contributed by atoms with Crippen molar-refractivity contribution in [2.45, 2.75) is 37.8 Å². The maximum atomic E-state index is 13.3. The van der Waals surface area contributed by atoms with Gasteiger partial charge in [-0.25, -0.2) is 4.79 Å². The molecule has 37 heavy (non-hydrogen) atoms. The molecule has 8 nitrogen and oxygen atoms in total. The van der Waals surface area contributed by atoms with E-state index in [-0.39, 0.29) is 25.1 Å². The highest BCUT2D eigenvalue weighted by molar-refractivity contribution is 6.30. The Bertz CT molecular complexity index is 997. The minimum Gasteiger partial charge on any atom is -0.453 e. The number of rotatable bonds is 12. The lowest BCUT2D eigenvalue weighted by Crippen LogP contribution is -2.42. The van der Waals surface area contributed by atoms with E-state index in [0.29, 0.717) is 23.0 Å². The molecule has 0 spiro atoms. The van der Waals surface area contributed by atoms with Crippen LogP contribution >= 0.6 is 11.6 Å². The lowest BCUT2D eigenvalue weighted by Gasteiger charge is -2.24. The highest BCUT2D eigenvalue weighted by atomic mass is 35.5. The van der Waals surface area contributed by atoms with Crippen molar-refractivity contribution in [3.63, 3.8) is 0 Å². The SMILES string of the molecule is CNC[C@H](C[C@H]1CCCCOC1)NC(=O)c1cccc([C@@H](OCCNC(=O)OC)c2cccc(Cl)c2)c1. The van der Waals surface area contributed by atoms with Gasteiger partial charge in [-0.1, -0.05) is 42.3 Å². The number of methoxy groups -OCH3 is 1. The van der Waals surface area contributed by atoms with Crippen LogP contribution in [0.25, 0.3) is 0 Å². The van der Waals surface area contributed by atoms with Gasteiger partial charge < -0.3 is 30.2 Å². The lowest BCUT2D eigenvalue weighted by atomic mass is 9.95. The molecule has 9 heteroatoms. The number of benzene rings is 2. The van der Waals surface area contributed by atoms with Crippen molar-refractivity contribution in [2.75, 3.05) is 47.1 Å². The number of carbonyl (C=O) groups is 2. The summed E-state index contributed by atoms with van der Waals surface area (Å²) in [7, 11) is 3.21. The van der Waals surface area contributed by atoms with Crippen LogP contribution < -0.4 is 16.0 Å². The number of likely N-dealkylation sites (N-methyl/N-ethyl adjacent to an activating group) is 1. The van der Waals surface area contributed by atoms with E-state index < -0.39 is 12.2 Å². The minimum atomic E-state index is -0.520. The van der Waals surface area contributed by atoms with Gasteiger partial charge >= 0.3 is 6.09 Å². The molecule has 3 N–H and O–H groups in total. The van der Waals surface area contributed by atoms with E-state index in [1.807, 2.05) is 43.4 Å². The number of halogens is 1. The molecule has 0 radical (unpaired) electrons. The molecule has 0 bridgehead atoms. The number of ether oxygens (including phenoxy) is 3. The molecule has 2 aromatic carbocycles. The molecular formula is C28H38ClN3O5. The van der Waals surface area contributed by atoms with Crippen LogP contribution in [0.2, 0.25) is 5.02 Å². The Hall–Kier alpha value is -2.65. The molecular weight excluding hydrogens is 494 g/mol. The molecule has 0 unspecified atom stereocenters. The summed E-state index contributed by atoms with van der Waals surface area (Å²) in [6, 6.07) is 14.8. The van der Waals surface area contributed by atoms with Gasteiger partial charge in [0.15, 0.2) is 0 Å². The smallest absolute Gasteiger partial charge is 0.406 e. The summed E-state index contributed by atoms with van der Waals surface area (Å²) in [6.07, 6.45) is 3.26. The van der Waals surface area contributed by atoms with Gasteiger partial charge in [-0.2, -0.15) is 0 Å². The number of nitrogens with one attached hydrogen (secondary N) is 3. The van der Waals surface area contributed by atoms with Crippen LogP contribution in [0.5, 0.6) is 0 Å². The van der Waals surface area contributed by atoms with Crippen LogP contribution in [0.3, 0.4) is 0 Å². The van der Waals surface area contributed by atoms with Crippen molar-refractivity contribution in [3.8, 4) is 0 Å². The highest BCUT2D eigenvalue weighted by Gasteiger charge is 2.22. The van der Waals surface area contributed by atoms with Gasteiger partial charge in [0.05, 0.1) is 13.7 Å². The number of amides is 2. The summed E-state index contributed by atoms with van der Waals surface area (Å²) in [5, 5.41) is 9.61. The first-order chi connectivity index (χ1) is 18.0. The molecule has 2 aromatic rings. The van der Waals surface area contributed by atoms with E-state index in [0.717, 1.165) is 50.0 Å². The second-order valence-electron chi connectivity index (χ2n) is 9.25. The third-order valence-corrected chi connectivity index (χ3v) is 6.59. The Kier molecular flexibility index (Phi) is 12.2. The molecule has 1 aliphatic heterocycles. The summed E-state index contributed by atoms with van der Waals surface area (Å²) in [4.78, 5) is 24.7. The molecule has 2 amide bonds. The summed E-state index contributed by atoms with van der Waals surface area (Å²) in [6.45, 7) is 2.77. The van der Waals surface area contributed by atoms with Gasteiger partial charge in [-0.05, 0) is 67.6 Å². The highest BCUT2D eigenvalue weighted by Crippen LogP contribution is 2.28. The van der Waals surface area contributed by atoms with Gasteiger partial charge in [-0.3, -0.25) is 4.79 Å².